The molecule has 0 unspecified atom stereocenters. The van der Waals surface area contributed by atoms with Crippen LogP contribution in [0.4, 0.5) is 5.69 Å². The van der Waals surface area contributed by atoms with Gasteiger partial charge in [0.05, 0.1) is 5.69 Å². The van der Waals surface area contributed by atoms with Gasteiger partial charge in [0.2, 0.25) is 5.91 Å². The van der Waals surface area contributed by atoms with Gasteiger partial charge in [0.25, 0.3) is 5.91 Å². The van der Waals surface area contributed by atoms with Gasteiger partial charge in [-0.3, -0.25) is 19.8 Å². The van der Waals surface area contributed by atoms with E-state index >= 15 is 0 Å². The minimum absolute atomic E-state index is 0.0164. The summed E-state index contributed by atoms with van der Waals surface area (Å²) in [6.07, 6.45) is 3.07. The zero-order valence-corrected chi connectivity index (χ0v) is 15.8. The maximum absolute atomic E-state index is 13.0. The van der Waals surface area contributed by atoms with Gasteiger partial charge in [-0.15, -0.1) is 0 Å². The van der Waals surface area contributed by atoms with Gasteiger partial charge in [-0.05, 0) is 48.1 Å². The number of hydrogen-bond donors (Lipinski definition) is 1. The van der Waals surface area contributed by atoms with Crippen LogP contribution in [0, 0.1) is 0 Å². The molecule has 28 heavy (non-hydrogen) atoms. The van der Waals surface area contributed by atoms with Gasteiger partial charge in [0.15, 0.2) is 5.11 Å². The Morgan fingerprint density at radius 1 is 0.786 bits per heavy atom. The molecule has 0 aromatic heterocycles. The Bertz CT molecular complexity index is 987. The van der Waals surface area contributed by atoms with Gasteiger partial charge < -0.3 is 0 Å². The Morgan fingerprint density at radius 2 is 1.32 bits per heavy atom. The van der Waals surface area contributed by atoms with Crippen LogP contribution in [0.5, 0.6) is 0 Å². The minimum atomic E-state index is -0.407. The van der Waals surface area contributed by atoms with Gasteiger partial charge in [-0.1, -0.05) is 66.7 Å². The van der Waals surface area contributed by atoms with Crippen molar-refractivity contribution >= 4 is 40.9 Å². The summed E-state index contributed by atoms with van der Waals surface area (Å²) in [4.78, 5) is 26.6. The number of hydrogen-bond acceptors (Lipinski definition) is 3. The molecule has 2 amide bonds. The molecule has 0 aliphatic heterocycles. The quantitative estimate of drug-likeness (QED) is 0.532. The SMILES string of the molecule is O=C(C=Cc1ccccc1)NC(=S)N(C(=O)c1ccccc1)c1ccccc1. The first kappa shape index (κ1) is 19.2. The van der Waals surface area contributed by atoms with Crippen molar-refractivity contribution in [1.82, 2.24) is 5.32 Å². The Morgan fingerprint density at radius 3 is 1.93 bits per heavy atom. The highest BCUT2D eigenvalue weighted by atomic mass is 32.1. The van der Waals surface area contributed by atoms with E-state index in [0.29, 0.717) is 11.3 Å². The first-order valence-electron chi connectivity index (χ1n) is 8.68. The molecule has 0 radical (unpaired) electrons. The molecule has 5 heteroatoms. The molecule has 4 nitrogen and oxygen atoms in total. The van der Waals surface area contributed by atoms with Crippen LogP contribution in [0.2, 0.25) is 0 Å². The van der Waals surface area contributed by atoms with Crippen molar-refractivity contribution in [3.8, 4) is 0 Å². The largest absolute Gasteiger partial charge is 0.299 e. The molecule has 0 bridgehead atoms. The van der Waals surface area contributed by atoms with Crippen molar-refractivity contribution in [2.75, 3.05) is 4.90 Å². The lowest BCUT2D eigenvalue weighted by Gasteiger charge is -2.23. The third-order valence-electron chi connectivity index (χ3n) is 3.90. The lowest BCUT2D eigenvalue weighted by Crippen LogP contribution is -2.45. The monoisotopic (exact) mass is 386 g/mol. The second-order valence-electron chi connectivity index (χ2n) is 5.88. The van der Waals surface area contributed by atoms with E-state index in [4.69, 9.17) is 12.2 Å². The van der Waals surface area contributed by atoms with Crippen molar-refractivity contribution in [2.24, 2.45) is 0 Å². The number of rotatable bonds is 4. The number of benzene rings is 3. The molecule has 0 aliphatic rings. The van der Waals surface area contributed by atoms with E-state index < -0.39 is 5.91 Å². The molecule has 3 rings (SSSR count). The van der Waals surface area contributed by atoms with Crippen molar-refractivity contribution in [3.05, 3.63) is 108 Å². The van der Waals surface area contributed by atoms with Gasteiger partial charge in [-0.2, -0.15) is 0 Å². The van der Waals surface area contributed by atoms with Gasteiger partial charge in [0, 0.05) is 11.6 Å². The standard InChI is InChI=1S/C23H18N2O2S/c26-21(17-16-18-10-4-1-5-11-18)24-23(28)25(20-14-8-3-9-15-20)22(27)19-12-6-2-7-13-19/h1-17H,(H,24,26,28). The van der Waals surface area contributed by atoms with E-state index in [2.05, 4.69) is 5.32 Å². The first-order valence-corrected chi connectivity index (χ1v) is 9.08. The number of nitrogens with zero attached hydrogens (tertiary/aromatic N) is 1. The van der Waals surface area contributed by atoms with Crippen LogP contribution in [0.25, 0.3) is 6.08 Å². The predicted octanol–water partition coefficient (Wildman–Crippen LogP) is 4.45. The number of carbonyl (C=O) groups excluding carboxylic acids is 2. The van der Waals surface area contributed by atoms with E-state index in [9.17, 15) is 9.59 Å². The van der Waals surface area contributed by atoms with Gasteiger partial charge in [0.1, 0.15) is 0 Å². The molecule has 0 saturated heterocycles. The number of para-hydroxylation sites is 1. The summed E-state index contributed by atoms with van der Waals surface area (Å²) in [6, 6.07) is 27.2. The molecular formula is C23H18N2O2S. The molecular weight excluding hydrogens is 368 g/mol. The summed E-state index contributed by atoms with van der Waals surface area (Å²) in [5.41, 5.74) is 1.94. The molecule has 3 aromatic rings. The number of amides is 2. The smallest absolute Gasteiger partial charge is 0.264 e. The number of carbonyl (C=O) groups is 2. The van der Waals surface area contributed by atoms with Crippen LogP contribution in [-0.2, 0) is 4.79 Å². The summed E-state index contributed by atoms with van der Waals surface area (Å²) in [7, 11) is 0. The number of thiocarbonyl (C=S) groups is 1. The van der Waals surface area contributed by atoms with Gasteiger partial charge in [-0.25, -0.2) is 0 Å². The highest BCUT2D eigenvalue weighted by Gasteiger charge is 2.22. The summed E-state index contributed by atoms with van der Waals surface area (Å²) in [5, 5.41) is 2.63. The maximum atomic E-state index is 13.0. The maximum Gasteiger partial charge on any atom is 0.264 e. The van der Waals surface area contributed by atoms with Crippen LogP contribution < -0.4 is 10.2 Å². The van der Waals surface area contributed by atoms with E-state index in [-0.39, 0.29) is 11.0 Å². The van der Waals surface area contributed by atoms with Crippen LogP contribution in [0.1, 0.15) is 15.9 Å². The second kappa shape index (κ2) is 9.39. The second-order valence-corrected chi connectivity index (χ2v) is 6.27. The summed E-state index contributed by atoms with van der Waals surface area (Å²) in [6.45, 7) is 0. The molecule has 0 heterocycles. The highest BCUT2D eigenvalue weighted by Crippen LogP contribution is 2.17. The van der Waals surface area contributed by atoms with Crippen LogP contribution in [-0.4, -0.2) is 16.9 Å². The van der Waals surface area contributed by atoms with Crippen LogP contribution in [0.3, 0.4) is 0 Å². The molecule has 0 spiro atoms. The molecule has 0 saturated carbocycles. The fourth-order valence-electron chi connectivity index (χ4n) is 2.55. The Kier molecular flexibility index (Phi) is 6.44. The Balaban J connectivity index is 1.80. The van der Waals surface area contributed by atoms with Crippen molar-refractivity contribution in [2.45, 2.75) is 0 Å². The van der Waals surface area contributed by atoms with E-state index in [1.165, 1.54) is 11.0 Å². The first-order chi connectivity index (χ1) is 13.6. The van der Waals surface area contributed by atoms with E-state index in [0.717, 1.165) is 5.56 Å². The van der Waals surface area contributed by atoms with Crippen molar-refractivity contribution < 1.29 is 9.59 Å². The average molecular weight is 386 g/mol. The third-order valence-corrected chi connectivity index (χ3v) is 4.18. The van der Waals surface area contributed by atoms with Gasteiger partial charge >= 0.3 is 0 Å². The molecule has 3 aromatic carbocycles. The van der Waals surface area contributed by atoms with E-state index in [1.807, 2.05) is 42.5 Å². The molecule has 138 valence electrons. The molecule has 1 N–H and O–H groups in total. The topological polar surface area (TPSA) is 49.4 Å². The summed E-state index contributed by atoms with van der Waals surface area (Å²) < 4.78 is 0. The van der Waals surface area contributed by atoms with E-state index in [1.54, 1.807) is 54.6 Å². The minimum Gasteiger partial charge on any atom is -0.299 e. The third kappa shape index (κ3) is 4.99. The lowest BCUT2D eigenvalue weighted by molar-refractivity contribution is -0.115. The summed E-state index contributed by atoms with van der Waals surface area (Å²) >= 11 is 5.38. The number of anilines is 1. The molecule has 0 aliphatic carbocycles. The van der Waals surface area contributed by atoms with Crippen LogP contribution in [0.15, 0.2) is 97.1 Å². The Hall–Kier alpha value is -3.57. The molecule has 0 atom stereocenters. The zero-order valence-electron chi connectivity index (χ0n) is 15.0. The average Bonchev–Trinajstić information content (AvgIpc) is 2.74. The van der Waals surface area contributed by atoms with Crippen LogP contribution >= 0.6 is 12.2 Å². The highest BCUT2D eigenvalue weighted by molar-refractivity contribution is 7.80. The predicted molar refractivity (Wildman–Crippen MR) is 116 cm³/mol. The Labute approximate surface area is 169 Å². The molecule has 0 fully saturated rings. The zero-order chi connectivity index (χ0) is 19.8. The summed E-state index contributed by atoms with van der Waals surface area (Å²) in [5.74, 6) is -0.722. The fraction of sp³-hybridized carbons (Fsp3) is 0. The number of nitrogens with one attached hydrogen (secondary N) is 1. The van der Waals surface area contributed by atoms with Crippen molar-refractivity contribution in [1.29, 1.82) is 0 Å². The fourth-order valence-corrected chi connectivity index (χ4v) is 2.84. The normalized spacial score (nSPS) is 10.4. The van der Waals surface area contributed by atoms with Crippen molar-refractivity contribution in [3.63, 3.8) is 0 Å². The lowest BCUT2D eigenvalue weighted by atomic mass is 10.2.